The Balaban J connectivity index is 0.00000115. The number of hydrogen-bond donors (Lipinski definition) is 0. The number of para-hydroxylation sites is 2. The Morgan fingerprint density at radius 3 is 1.02 bits per heavy atom. The van der Waals surface area contributed by atoms with Gasteiger partial charge in [0.05, 0.1) is 0 Å². The summed E-state index contributed by atoms with van der Waals surface area (Å²) in [6.07, 6.45) is 0. The molecule has 0 spiro atoms. The van der Waals surface area contributed by atoms with Crippen LogP contribution in [-0.2, 0) is 18.3 Å². The normalized spacial score (nSPS) is 12.9. The van der Waals surface area contributed by atoms with Crippen LogP contribution in [0.4, 0.5) is 0 Å². The van der Waals surface area contributed by atoms with E-state index in [0.717, 1.165) is 11.5 Å². The molecule has 227 valence electrons. The van der Waals surface area contributed by atoms with Crippen LogP contribution in [-0.4, -0.2) is 0 Å². The van der Waals surface area contributed by atoms with Gasteiger partial charge in [0.15, 0.2) is 11.5 Å². The number of benzene rings is 6. The summed E-state index contributed by atoms with van der Waals surface area (Å²) in [7, 11) is 6.82. The molecule has 6 aromatic rings. The second-order valence-corrected chi connectivity index (χ2v) is 18.0. The molecule has 1 nitrogen and oxygen atoms in total. The van der Waals surface area contributed by atoms with Crippen molar-refractivity contribution >= 4 is 68.0 Å². The van der Waals surface area contributed by atoms with Crippen molar-refractivity contribution in [1.29, 1.82) is 0 Å². The third-order valence-corrected chi connectivity index (χ3v) is 13.9. The maximum absolute atomic E-state index is 7.27. The molecule has 0 saturated heterocycles. The number of rotatable bonds is 6. The van der Waals surface area contributed by atoms with E-state index < -0.39 is 15.8 Å². The molecule has 0 aromatic heterocycles. The summed E-state index contributed by atoms with van der Waals surface area (Å²) in [5.41, 5.74) is 2.30. The predicted molar refractivity (Wildman–Crippen MR) is 197 cm³/mol. The molecule has 0 amide bonds. The molecule has 0 saturated carbocycles. The Morgan fingerprint density at radius 2 is 0.733 bits per heavy atom. The Labute approximate surface area is 283 Å². The van der Waals surface area contributed by atoms with E-state index in [1.54, 1.807) is 0 Å². The summed E-state index contributed by atoms with van der Waals surface area (Å²) in [5.74, 6) is 2.07. The molecule has 7 rings (SSSR count). The Kier molecular flexibility index (Phi) is 10.4. The molecule has 0 fully saturated rings. The van der Waals surface area contributed by atoms with Gasteiger partial charge in [-0.05, 0) is 60.7 Å². The van der Waals surface area contributed by atoms with Crippen molar-refractivity contribution in [2.75, 3.05) is 0 Å². The zero-order valence-corrected chi connectivity index (χ0v) is 29.6. The fourth-order valence-electron chi connectivity index (χ4n) is 6.29. The summed E-state index contributed by atoms with van der Waals surface area (Å²) in [4.78, 5) is 0. The first-order valence-electron chi connectivity index (χ1n) is 14.8. The van der Waals surface area contributed by atoms with E-state index in [9.17, 15) is 0 Å². The molecular weight excluding hydrogens is 676 g/mol. The van der Waals surface area contributed by atoms with Gasteiger partial charge in [0.1, 0.15) is 47.7 Å². The van der Waals surface area contributed by atoms with E-state index in [-0.39, 0.29) is 5.41 Å². The molecule has 0 unspecified atom stereocenters. The molecule has 1 heterocycles. The zero-order chi connectivity index (χ0) is 31.2. The Hall–Kier alpha value is -2.93. The van der Waals surface area contributed by atoms with Gasteiger partial charge in [-0.25, -0.2) is 0 Å². The molecular formula is C39H34Cl2CoOP2+2. The Morgan fingerprint density at radius 1 is 0.444 bits per heavy atom. The van der Waals surface area contributed by atoms with Gasteiger partial charge in [-0.1, -0.05) is 111 Å². The van der Waals surface area contributed by atoms with Crippen molar-refractivity contribution in [1.82, 2.24) is 0 Å². The van der Waals surface area contributed by atoms with E-state index in [4.69, 9.17) is 25.0 Å². The van der Waals surface area contributed by atoms with Gasteiger partial charge in [-0.2, -0.15) is 0 Å². The van der Waals surface area contributed by atoms with Crippen molar-refractivity contribution in [2.45, 2.75) is 19.3 Å². The summed E-state index contributed by atoms with van der Waals surface area (Å²) in [6, 6.07) is 57.5. The zero-order valence-electron chi connectivity index (χ0n) is 25.0. The first-order valence-corrected chi connectivity index (χ1v) is 20.7. The van der Waals surface area contributed by atoms with E-state index in [2.05, 4.69) is 172 Å². The monoisotopic (exact) mass is 709 g/mol. The van der Waals surface area contributed by atoms with Crippen LogP contribution < -0.4 is 36.6 Å². The van der Waals surface area contributed by atoms with E-state index >= 15 is 0 Å². The summed E-state index contributed by atoms with van der Waals surface area (Å²) in [5, 5.41) is 8.05. The molecule has 0 bridgehead atoms. The van der Waals surface area contributed by atoms with Crippen LogP contribution in [0.3, 0.4) is 0 Å². The van der Waals surface area contributed by atoms with Gasteiger partial charge < -0.3 is 4.74 Å². The van der Waals surface area contributed by atoms with Crippen molar-refractivity contribution in [3.05, 3.63) is 169 Å². The molecule has 0 radical (unpaired) electrons. The van der Waals surface area contributed by atoms with Gasteiger partial charge in [-0.3, -0.25) is 0 Å². The van der Waals surface area contributed by atoms with E-state index in [0.29, 0.717) is 12.9 Å². The third kappa shape index (κ3) is 6.65. The van der Waals surface area contributed by atoms with Gasteiger partial charge >= 0.3 is 33.2 Å². The fourth-order valence-corrected chi connectivity index (χ4v) is 11.7. The topological polar surface area (TPSA) is 9.23 Å². The molecule has 6 heteroatoms. The van der Waals surface area contributed by atoms with Crippen molar-refractivity contribution in [3.63, 3.8) is 0 Å². The third-order valence-electron chi connectivity index (χ3n) is 8.37. The van der Waals surface area contributed by atoms with E-state index in [1.165, 1.54) is 43.0 Å². The molecule has 0 atom stereocenters. The van der Waals surface area contributed by atoms with Crippen molar-refractivity contribution in [2.24, 2.45) is 0 Å². The number of fused-ring (bicyclic) bond motifs is 2. The molecule has 1 aliphatic heterocycles. The summed E-state index contributed by atoms with van der Waals surface area (Å²) in [6.45, 7) is 4.71. The number of hydrogen-bond acceptors (Lipinski definition) is 1. The minimum atomic E-state index is -1.32. The number of ether oxygens (including phenoxy) is 1. The molecule has 45 heavy (non-hydrogen) atoms. The van der Waals surface area contributed by atoms with Crippen LogP contribution in [0.2, 0.25) is 0 Å². The van der Waals surface area contributed by atoms with Gasteiger partial charge in [0, 0.05) is 16.5 Å². The van der Waals surface area contributed by atoms with Crippen molar-refractivity contribution < 1.29 is 17.6 Å². The van der Waals surface area contributed by atoms with Crippen LogP contribution >= 0.6 is 36.1 Å². The summed E-state index contributed by atoms with van der Waals surface area (Å²) >= 11 is 0.382. The van der Waals surface area contributed by atoms with Gasteiger partial charge in [0.25, 0.3) is 0 Å². The SMILES string of the molecule is CC1(C)c2cccc([PH+](c3ccccc3)c3ccccc3)c2Oc2c([PH+](c3ccccc3)c3ccccc3)cccc21.[Cl][Co][Cl]. The van der Waals surface area contributed by atoms with Crippen LogP contribution in [0.5, 0.6) is 11.5 Å². The number of halogens is 2. The minimum absolute atomic E-state index is 0.213. The standard InChI is InChI=1S/C39H32OP2.2ClH.Co/c1-39(2)33-25-15-27-35(41(29-17-7-3-8-18-29)30-19-9-4-10-20-30)37(33)40-38-34(39)26-16-28-36(38)42(31-21-11-5-12-22-31)32-23-13-6-14-24-32;;;/h3-28H,1-2H3;2*1H;/q;;;+2. The van der Waals surface area contributed by atoms with E-state index in [1.807, 2.05) is 0 Å². The van der Waals surface area contributed by atoms with Crippen LogP contribution in [0, 0.1) is 0 Å². The molecule has 0 aliphatic carbocycles. The average Bonchev–Trinajstić information content (AvgIpc) is 3.08. The average molecular weight is 710 g/mol. The first kappa shape index (κ1) is 32.0. The van der Waals surface area contributed by atoms with Gasteiger partial charge in [0.2, 0.25) is 0 Å². The second-order valence-electron chi connectivity index (χ2n) is 11.4. The second kappa shape index (κ2) is 14.7. The molecule has 1 aliphatic rings. The van der Waals surface area contributed by atoms with Crippen LogP contribution in [0.25, 0.3) is 0 Å². The van der Waals surface area contributed by atoms with Crippen LogP contribution in [0.1, 0.15) is 25.0 Å². The predicted octanol–water partition coefficient (Wildman–Crippen LogP) is 8.48. The molecule has 0 N–H and O–H groups in total. The molecule has 6 aromatic carbocycles. The Bertz CT molecular complexity index is 1640. The maximum atomic E-state index is 7.27. The first-order chi connectivity index (χ1) is 22.0. The quantitative estimate of drug-likeness (QED) is 0.158. The summed E-state index contributed by atoms with van der Waals surface area (Å²) < 4.78 is 7.27. The van der Waals surface area contributed by atoms with Gasteiger partial charge in [-0.15, -0.1) is 0 Å². The van der Waals surface area contributed by atoms with Crippen LogP contribution in [0.15, 0.2) is 158 Å². The van der Waals surface area contributed by atoms with Crippen molar-refractivity contribution in [3.8, 4) is 11.5 Å². The fraction of sp³-hybridized carbons (Fsp3) is 0.0769.